The van der Waals surface area contributed by atoms with Crippen molar-refractivity contribution in [3.8, 4) is 0 Å². The Bertz CT molecular complexity index is 270. The van der Waals surface area contributed by atoms with Gasteiger partial charge in [-0.25, -0.2) is 9.37 Å². The zero-order chi connectivity index (χ0) is 8.59. The van der Waals surface area contributed by atoms with Crippen LogP contribution < -0.4 is 0 Å². The summed E-state index contributed by atoms with van der Waals surface area (Å²) in [6.07, 6.45) is 0. The zero-order valence-electron chi connectivity index (χ0n) is 6.08. The minimum absolute atomic E-state index is 0.0453. The standard InChI is InChI=1S/C7H6F3N/c1-3-4(2)11-7(10)6(9)5(3)8/h1-2H3. The first-order valence-electron chi connectivity index (χ1n) is 3.01. The van der Waals surface area contributed by atoms with Gasteiger partial charge in [0.15, 0.2) is 5.82 Å². The summed E-state index contributed by atoms with van der Waals surface area (Å²) in [6.45, 7) is 2.76. The number of hydrogen-bond acceptors (Lipinski definition) is 1. The molecule has 1 aromatic rings. The van der Waals surface area contributed by atoms with Crippen LogP contribution in [0.2, 0.25) is 0 Å². The van der Waals surface area contributed by atoms with Crippen molar-refractivity contribution in [3.63, 3.8) is 0 Å². The lowest BCUT2D eigenvalue weighted by atomic mass is 10.2. The lowest BCUT2D eigenvalue weighted by Crippen LogP contribution is -2.01. The number of aromatic nitrogens is 1. The Kier molecular flexibility index (Phi) is 1.85. The lowest BCUT2D eigenvalue weighted by Gasteiger charge is -2.01. The van der Waals surface area contributed by atoms with Crippen LogP contribution in [-0.4, -0.2) is 4.98 Å². The normalized spacial score (nSPS) is 10.3. The van der Waals surface area contributed by atoms with Crippen molar-refractivity contribution in [2.75, 3.05) is 0 Å². The summed E-state index contributed by atoms with van der Waals surface area (Å²) in [5.74, 6) is -4.05. The maximum atomic E-state index is 12.6. The Morgan fingerprint density at radius 3 is 2.09 bits per heavy atom. The molecule has 0 fully saturated rings. The van der Waals surface area contributed by atoms with Gasteiger partial charge in [0.05, 0.1) is 0 Å². The Morgan fingerprint density at radius 1 is 1.00 bits per heavy atom. The Labute approximate surface area is 61.9 Å². The molecule has 0 saturated heterocycles. The molecule has 1 aromatic heterocycles. The fourth-order valence-electron chi connectivity index (χ4n) is 0.694. The zero-order valence-corrected chi connectivity index (χ0v) is 6.08. The van der Waals surface area contributed by atoms with Crippen LogP contribution in [0.3, 0.4) is 0 Å². The van der Waals surface area contributed by atoms with Crippen molar-refractivity contribution in [3.05, 3.63) is 28.8 Å². The average Bonchev–Trinajstić information content (AvgIpc) is 1.97. The van der Waals surface area contributed by atoms with E-state index in [0.29, 0.717) is 0 Å². The van der Waals surface area contributed by atoms with E-state index < -0.39 is 17.6 Å². The molecule has 1 heterocycles. The first kappa shape index (κ1) is 8.04. The SMILES string of the molecule is Cc1nc(F)c(F)c(F)c1C. The van der Waals surface area contributed by atoms with E-state index in [1.54, 1.807) is 0 Å². The second kappa shape index (κ2) is 2.53. The van der Waals surface area contributed by atoms with E-state index in [2.05, 4.69) is 4.98 Å². The summed E-state index contributed by atoms with van der Waals surface area (Å²) in [7, 11) is 0. The molecule has 0 unspecified atom stereocenters. The van der Waals surface area contributed by atoms with Crippen molar-refractivity contribution < 1.29 is 13.2 Å². The third-order valence-electron chi connectivity index (χ3n) is 1.51. The highest BCUT2D eigenvalue weighted by molar-refractivity contribution is 5.20. The molecule has 1 nitrogen and oxygen atoms in total. The van der Waals surface area contributed by atoms with E-state index in [9.17, 15) is 13.2 Å². The van der Waals surface area contributed by atoms with E-state index in [-0.39, 0.29) is 11.3 Å². The Morgan fingerprint density at radius 2 is 1.55 bits per heavy atom. The maximum absolute atomic E-state index is 12.6. The highest BCUT2D eigenvalue weighted by Gasteiger charge is 2.14. The monoisotopic (exact) mass is 161 g/mol. The molecule has 1 rings (SSSR count). The molecule has 0 N–H and O–H groups in total. The van der Waals surface area contributed by atoms with Gasteiger partial charge in [-0.1, -0.05) is 0 Å². The van der Waals surface area contributed by atoms with Gasteiger partial charge in [0, 0.05) is 11.3 Å². The number of nitrogens with zero attached hydrogens (tertiary/aromatic N) is 1. The molecule has 0 saturated carbocycles. The molecule has 4 heteroatoms. The van der Waals surface area contributed by atoms with Crippen LogP contribution >= 0.6 is 0 Å². The molecule has 0 aliphatic carbocycles. The molecule has 0 aliphatic rings. The first-order valence-corrected chi connectivity index (χ1v) is 3.01. The van der Waals surface area contributed by atoms with Crippen molar-refractivity contribution in [1.82, 2.24) is 4.98 Å². The summed E-state index contributed by atoms with van der Waals surface area (Å²) < 4.78 is 37.3. The third-order valence-corrected chi connectivity index (χ3v) is 1.51. The summed E-state index contributed by atoms with van der Waals surface area (Å²) >= 11 is 0. The largest absolute Gasteiger partial charge is 0.252 e. The van der Waals surface area contributed by atoms with Crippen molar-refractivity contribution in [1.29, 1.82) is 0 Å². The summed E-state index contributed by atoms with van der Waals surface area (Å²) in [5, 5.41) is 0. The predicted octanol–water partition coefficient (Wildman–Crippen LogP) is 2.12. The molecule has 0 radical (unpaired) electrons. The van der Waals surface area contributed by atoms with Gasteiger partial charge in [-0.05, 0) is 13.8 Å². The number of aryl methyl sites for hydroxylation is 1. The Balaban J connectivity index is 3.46. The summed E-state index contributed by atoms with van der Waals surface area (Å²) in [4.78, 5) is 3.15. The van der Waals surface area contributed by atoms with Crippen LogP contribution in [0.5, 0.6) is 0 Å². The second-order valence-electron chi connectivity index (χ2n) is 2.24. The fourth-order valence-corrected chi connectivity index (χ4v) is 0.694. The average molecular weight is 161 g/mol. The van der Waals surface area contributed by atoms with Gasteiger partial charge >= 0.3 is 0 Å². The fraction of sp³-hybridized carbons (Fsp3) is 0.286. The smallest absolute Gasteiger partial charge is 0.222 e. The van der Waals surface area contributed by atoms with E-state index >= 15 is 0 Å². The Hall–Kier alpha value is -1.06. The molecular weight excluding hydrogens is 155 g/mol. The molecule has 0 atom stereocenters. The molecule has 0 aliphatic heterocycles. The van der Waals surface area contributed by atoms with Gasteiger partial charge in [0.25, 0.3) is 5.95 Å². The molecular formula is C7H6F3N. The van der Waals surface area contributed by atoms with Crippen LogP contribution in [0.4, 0.5) is 13.2 Å². The summed E-state index contributed by atoms with van der Waals surface area (Å²) in [5.41, 5.74) is 0.213. The number of hydrogen-bond donors (Lipinski definition) is 0. The van der Waals surface area contributed by atoms with Gasteiger partial charge in [-0.2, -0.15) is 8.78 Å². The van der Waals surface area contributed by atoms with Crippen LogP contribution in [0.1, 0.15) is 11.3 Å². The molecule has 60 valence electrons. The minimum Gasteiger partial charge on any atom is -0.222 e. The minimum atomic E-state index is -1.51. The van der Waals surface area contributed by atoms with Crippen molar-refractivity contribution in [2.24, 2.45) is 0 Å². The van der Waals surface area contributed by atoms with Gasteiger partial charge in [0.2, 0.25) is 5.82 Å². The van der Waals surface area contributed by atoms with Crippen LogP contribution in [-0.2, 0) is 0 Å². The van der Waals surface area contributed by atoms with Crippen molar-refractivity contribution >= 4 is 0 Å². The third kappa shape index (κ3) is 1.20. The number of rotatable bonds is 0. The number of halogens is 3. The lowest BCUT2D eigenvalue weighted by molar-refractivity contribution is 0.420. The predicted molar refractivity (Wildman–Crippen MR) is 33.6 cm³/mol. The molecule has 0 spiro atoms. The van der Waals surface area contributed by atoms with E-state index in [1.165, 1.54) is 13.8 Å². The quantitative estimate of drug-likeness (QED) is 0.531. The van der Waals surface area contributed by atoms with Gasteiger partial charge in [0.1, 0.15) is 0 Å². The van der Waals surface area contributed by atoms with Gasteiger partial charge in [-0.15, -0.1) is 0 Å². The van der Waals surface area contributed by atoms with Crippen LogP contribution in [0, 0.1) is 31.4 Å². The van der Waals surface area contributed by atoms with Gasteiger partial charge < -0.3 is 0 Å². The van der Waals surface area contributed by atoms with Crippen LogP contribution in [0.25, 0.3) is 0 Å². The molecule has 0 bridgehead atoms. The highest BCUT2D eigenvalue weighted by Crippen LogP contribution is 2.14. The van der Waals surface area contributed by atoms with E-state index in [4.69, 9.17) is 0 Å². The van der Waals surface area contributed by atoms with Gasteiger partial charge in [-0.3, -0.25) is 0 Å². The molecule has 0 amide bonds. The second-order valence-corrected chi connectivity index (χ2v) is 2.24. The number of pyridine rings is 1. The summed E-state index contributed by atoms with van der Waals surface area (Å²) in [6, 6.07) is 0. The van der Waals surface area contributed by atoms with E-state index in [1.807, 2.05) is 0 Å². The highest BCUT2D eigenvalue weighted by atomic mass is 19.2. The maximum Gasteiger partial charge on any atom is 0.252 e. The molecule has 11 heavy (non-hydrogen) atoms. The van der Waals surface area contributed by atoms with Crippen LogP contribution in [0.15, 0.2) is 0 Å². The topological polar surface area (TPSA) is 12.9 Å². The first-order chi connectivity index (χ1) is 5.04. The molecule has 0 aromatic carbocycles. The van der Waals surface area contributed by atoms with Crippen molar-refractivity contribution in [2.45, 2.75) is 13.8 Å². The van der Waals surface area contributed by atoms with E-state index in [0.717, 1.165) is 0 Å².